The van der Waals surface area contributed by atoms with Gasteiger partial charge in [0.1, 0.15) is 11.6 Å². The molecule has 0 bridgehead atoms. The van der Waals surface area contributed by atoms with Crippen LogP contribution in [0, 0.1) is 11.6 Å². The Morgan fingerprint density at radius 1 is 1.45 bits per heavy atom. The summed E-state index contributed by atoms with van der Waals surface area (Å²) in [5.74, 6) is -1.55. The molecule has 1 heterocycles. The monoisotopic (exact) mass is 283 g/mol. The highest BCUT2D eigenvalue weighted by atomic mass is 19.1. The molecule has 1 aromatic carbocycles. The van der Waals surface area contributed by atoms with Crippen LogP contribution in [0.2, 0.25) is 0 Å². The number of hydrogen-bond donors (Lipinski definition) is 2. The number of piperazine rings is 1. The zero-order valence-electron chi connectivity index (χ0n) is 11.6. The second-order valence-corrected chi connectivity index (χ2v) is 5.26. The van der Waals surface area contributed by atoms with E-state index >= 15 is 0 Å². The maximum Gasteiger partial charge on any atom is 0.238 e. The van der Waals surface area contributed by atoms with Crippen LogP contribution in [0.3, 0.4) is 0 Å². The number of anilines is 1. The van der Waals surface area contributed by atoms with E-state index in [1.54, 1.807) is 0 Å². The fraction of sp³-hybridized carbons (Fsp3) is 0.500. The van der Waals surface area contributed by atoms with E-state index in [4.69, 9.17) is 0 Å². The predicted octanol–water partition coefficient (Wildman–Crippen LogP) is 1.59. The normalized spacial score (nSPS) is 23.6. The van der Waals surface area contributed by atoms with Crippen molar-refractivity contribution in [1.29, 1.82) is 0 Å². The minimum Gasteiger partial charge on any atom is -0.322 e. The third-order valence-electron chi connectivity index (χ3n) is 3.44. The van der Waals surface area contributed by atoms with E-state index in [1.165, 1.54) is 0 Å². The second kappa shape index (κ2) is 6.28. The lowest BCUT2D eigenvalue weighted by Crippen LogP contribution is -2.55. The van der Waals surface area contributed by atoms with Gasteiger partial charge in [-0.15, -0.1) is 0 Å². The van der Waals surface area contributed by atoms with Gasteiger partial charge in [-0.3, -0.25) is 9.69 Å². The Balaban J connectivity index is 1.96. The van der Waals surface area contributed by atoms with Crippen molar-refractivity contribution in [2.75, 3.05) is 25.0 Å². The molecule has 2 N–H and O–H groups in total. The van der Waals surface area contributed by atoms with Crippen molar-refractivity contribution in [3.05, 3.63) is 29.8 Å². The molecule has 4 nitrogen and oxygen atoms in total. The lowest BCUT2D eigenvalue weighted by molar-refractivity contribution is -0.118. The Morgan fingerprint density at radius 3 is 2.95 bits per heavy atom. The topological polar surface area (TPSA) is 44.4 Å². The third kappa shape index (κ3) is 3.74. The fourth-order valence-electron chi connectivity index (χ4n) is 2.28. The Labute approximate surface area is 117 Å². The summed E-state index contributed by atoms with van der Waals surface area (Å²) in [4.78, 5) is 14.0. The van der Waals surface area contributed by atoms with E-state index in [1.807, 2.05) is 18.7 Å². The SMILES string of the molecule is CC1CN(CC(=O)Nc2cc(F)ccc2F)C(C)CN1. The summed E-state index contributed by atoms with van der Waals surface area (Å²) in [5.41, 5.74) is -0.120. The number of amides is 1. The number of carbonyl (C=O) groups excluding carboxylic acids is 1. The van der Waals surface area contributed by atoms with Gasteiger partial charge in [0.25, 0.3) is 0 Å². The van der Waals surface area contributed by atoms with Crippen molar-refractivity contribution in [2.45, 2.75) is 25.9 Å². The molecule has 0 spiro atoms. The molecule has 0 radical (unpaired) electrons. The van der Waals surface area contributed by atoms with Gasteiger partial charge in [0.2, 0.25) is 5.91 Å². The van der Waals surface area contributed by atoms with E-state index in [0.29, 0.717) is 6.04 Å². The standard InChI is InChI=1S/C14H19F2N3O/c1-9-7-19(10(2)6-17-9)8-14(20)18-13-5-11(15)3-4-12(13)16/h3-5,9-10,17H,6-8H2,1-2H3,(H,18,20). The summed E-state index contributed by atoms with van der Waals surface area (Å²) in [5, 5.41) is 5.74. The maximum absolute atomic E-state index is 13.4. The third-order valence-corrected chi connectivity index (χ3v) is 3.44. The molecule has 2 unspecified atom stereocenters. The van der Waals surface area contributed by atoms with Gasteiger partial charge in [0.05, 0.1) is 12.2 Å². The van der Waals surface area contributed by atoms with Crippen LogP contribution in [0.1, 0.15) is 13.8 Å². The molecule has 1 saturated heterocycles. The minimum atomic E-state index is -0.638. The molecule has 110 valence electrons. The molecular formula is C14H19F2N3O. The summed E-state index contributed by atoms with van der Waals surface area (Å²) in [6, 6.07) is 3.54. The lowest BCUT2D eigenvalue weighted by atomic mass is 10.1. The predicted molar refractivity (Wildman–Crippen MR) is 73.5 cm³/mol. The molecule has 2 atom stereocenters. The fourth-order valence-corrected chi connectivity index (χ4v) is 2.28. The molecule has 1 amide bonds. The van der Waals surface area contributed by atoms with E-state index < -0.39 is 11.6 Å². The maximum atomic E-state index is 13.4. The number of rotatable bonds is 3. The average molecular weight is 283 g/mol. The number of carbonyl (C=O) groups is 1. The first-order valence-corrected chi connectivity index (χ1v) is 6.68. The highest BCUT2D eigenvalue weighted by Gasteiger charge is 2.24. The molecule has 1 aliphatic heterocycles. The van der Waals surface area contributed by atoms with Gasteiger partial charge in [0, 0.05) is 31.2 Å². The molecule has 1 aromatic rings. The zero-order valence-corrected chi connectivity index (χ0v) is 11.6. The van der Waals surface area contributed by atoms with E-state index in [0.717, 1.165) is 31.3 Å². The van der Waals surface area contributed by atoms with Crippen LogP contribution in [0.4, 0.5) is 14.5 Å². The summed E-state index contributed by atoms with van der Waals surface area (Å²) in [6.45, 7) is 5.80. The number of nitrogens with zero attached hydrogens (tertiary/aromatic N) is 1. The molecule has 20 heavy (non-hydrogen) atoms. The first kappa shape index (κ1) is 14.9. The number of nitrogens with one attached hydrogen (secondary N) is 2. The van der Waals surface area contributed by atoms with E-state index in [9.17, 15) is 13.6 Å². The van der Waals surface area contributed by atoms with Gasteiger partial charge < -0.3 is 10.6 Å². The summed E-state index contributed by atoms with van der Waals surface area (Å²) in [6.07, 6.45) is 0. The van der Waals surface area contributed by atoms with Gasteiger partial charge in [-0.25, -0.2) is 8.78 Å². The summed E-state index contributed by atoms with van der Waals surface area (Å²) >= 11 is 0. The molecule has 0 saturated carbocycles. The average Bonchev–Trinajstić information content (AvgIpc) is 2.38. The Morgan fingerprint density at radius 2 is 2.20 bits per heavy atom. The lowest BCUT2D eigenvalue weighted by Gasteiger charge is -2.36. The second-order valence-electron chi connectivity index (χ2n) is 5.26. The molecular weight excluding hydrogens is 264 g/mol. The number of halogens is 2. The number of benzene rings is 1. The molecule has 2 rings (SSSR count). The van der Waals surface area contributed by atoms with Crippen molar-refractivity contribution < 1.29 is 13.6 Å². The largest absolute Gasteiger partial charge is 0.322 e. The Hall–Kier alpha value is -1.53. The van der Waals surface area contributed by atoms with Crippen molar-refractivity contribution in [3.8, 4) is 0 Å². The van der Waals surface area contributed by atoms with Crippen LogP contribution in [0.15, 0.2) is 18.2 Å². The molecule has 6 heteroatoms. The van der Waals surface area contributed by atoms with Gasteiger partial charge in [-0.2, -0.15) is 0 Å². The van der Waals surface area contributed by atoms with Crippen LogP contribution in [0.25, 0.3) is 0 Å². The van der Waals surface area contributed by atoms with Gasteiger partial charge in [-0.05, 0) is 26.0 Å². The number of hydrogen-bond acceptors (Lipinski definition) is 3. The first-order chi connectivity index (χ1) is 9.45. The summed E-state index contributed by atoms with van der Waals surface area (Å²) in [7, 11) is 0. The Bertz CT molecular complexity index is 495. The van der Waals surface area contributed by atoms with Crippen molar-refractivity contribution in [1.82, 2.24) is 10.2 Å². The quantitative estimate of drug-likeness (QED) is 0.885. The van der Waals surface area contributed by atoms with Crippen LogP contribution in [-0.2, 0) is 4.79 Å². The van der Waals surface area contributed by atoms with Crippen LogP contribution >= 0.6 is 0 Å². The highest BCUT2D eigenvalue weighted by molar-refractivity contribution is 5.92. The molecule has 0 aromatic heterocycles. The van der Waals surface area contributed by atoms with E-state index in [2.05, 4.69) is 10.6 Å². The smallest absolute Gasteiger partial charge is 0.238 e. The van der Waals surface area contributed by atoms with Crippen LogP contribution in [-0.4, -0.2) is 42.5 Å². The van der Waals surface area contributed by atoms with Crippen LogP contribution < -0.4 is 10.6 Å². The van der Waals surface area contributed by atoms with Crippen molar-refractivity contribution in [3.63, 3.8) is 0 Å². The van der Waals surface area contributed by atoms with E-state index in [-0.39, 0.29) is 24.2 Å². The van der Waals surface area contributed by atoms with Gasteiger partial charge in [0.15, 0.2) is 0 Å². The molecule has 0 aliphatic carbocycles. The Kier molecular flexibility index (Phi) is 4.67. The van der Waals surface area contributed by atoms with Crippen molar-refractivity contribution in [2.24, 2.45) is 0 Å². The van der Waals surface area contributed by atoms with Gasteiger partial charge in [-0.1, -0.05) is 0 Å². The zero-order chi connectivity index (χ0) is 14.7. The van der Waals surface area contributed by atoms with Crippen molar-refractivity contribution >= 4 is 11.6 Å². The molecule has 1 aliphatic rings. The highest BCUT2D eigenvalue weighted by Crippen LogP contribution is 2.15. The van der Waals surface area contributed by atoms with Gasteiger partial charge >= 0.3 is 0 Å². The molecule has 1 fully saturated rings. The minimum absolute atomic E-state index is 0.120. The summed E-state index contributed by atoms with van der Waals surface area (Å²) < 4.78 is 26.5. The first-order valence-electron chi connectivity index (χ1n) is 6.68. The van der Waals surface area contributed by atoms with Crippen LogP contribution in [0.5, 0.6) is 0 Å².